The van der Waals surface area contributed by atoms with Crippen LogP contribution in [0.5, 0.6) is 0 Å². The molecular formula is C21H24N8O2. The van der Waals surface area contributed by atoms with Crippen LogP contribution in [0.4, 0.5) is 5.95 Å². The Balaban J connectivity index is 1.51. The van der Waals surface area contributed by atoms with Crippen LogP contribution >= 0.6 is 0 Å². The van der Waals surface area contributed by atoms with Crippen LogP contribution in [0.25, 0.3) is 16.7 Å². The second kappa shape index (κ2) is 8.13. The Morgan fingerprint density at radius 3 is 2.74 bits per heavy atom. The summed E-state index contributed by atoms with van der Waals surface area (Å²) in [7, 11) is 0. The van der Waals surface area contributed by atoms with Crippen LogP contribution in [-0.2, 0) is 17.8 Å². The number of nitrogen functional groups attached to an aromatic ring is 1. The highest BCUT2D eigenvalue weighted by Crippen LogP contribution is 2.17. The minimum Gasteiger partial charge on any atom is -0.366 e. The van der Waals surface area contributed by atoms with Gasteiger partial charge in [0.25, 0.3) is 11.3 Å². The standard InChI is InChI=1S/C21H24N8O2/c1-4-28(11-17-24-16-8-6-5-7-15(16)19(31)25-17)18(30)10-9-14-12(2)23-21-26-20(22)27-29(21)13(14)3/h5-8H,4,9-11H2,1-3H3,(H2,22,27)(H,24,25,31). The highest BCUT2D eigenvalue weighted by Gasteiger charge is 2.18. The predicted octanol–water partition coefficient (Wildman–Crippen LogP) is 1.54. The lowest BCUT2D eigenvalue weighted by Gasteiger charge is -2.21. The summed E-state index contributed by atoms with van der Waals surface area (Å²) in [5.41, 5.74) is 8.70. The second-order valence-corrected chi connectivity index (χ2v) is 7.38. The van der Waals surface area contributed by atoms with Crippen molar-refractivity contribution in [3.05, 3.63) is 57.4 Å². The van der Waals surface area contributed by atoms with E-state index in [1.165, 1.54) is 0 Å². The van der Waals surface area contributed by atoms with E-state index >= 15 is 0 Å². The molecule has 0 aliphatic heterocycles. The number of nitrogens with one attached hydrogen (secondary N) is 1. The van der Waals surface area contributed by atoms with Gasteiger partial charge in [0.2, 0.25) is 11.9 Å². The molecule has 3 aromatic heterocycles. The molecule has 0 fully saturated rings. The van der Waals surface area contributed by atoms with Crippen molar-refractivity contribution in [1.29, 1.82) is 0 Å². The van der Waals surface area contributed by atoms with E-state index in [1.807, 2.05) is 26.8 Å². The summed E-state index contributed by atoms with van der Waals surface area (Å²) in [5.74, 6) is 1.05. The lowest BCUT2D eigenvalue weighted by atomic mass is 10.1. The van der Waals surface area contributed by atoms with Crippen LogP contribution in [0.3, 0.4) is 0 Å². The Morgan fingerprint density at radius 2 is 1.97 bits per heavy atom. The van der Waals surface area contributed by atoms with Gasteiger partial charge in [-0.15, -0.1) is 5.10 Å². The summed E-state index contributed by atoms with van der Waals surface area (Å²) >= 11 is 0. The van der Waals surface area contributed by atoms with Crippen molar-refractivity contribution in [3.63, 3.8) is 0 Å². The molecule has 0 saturated heterocycles. The molecule has 0 aliphatic rings. The van der Waals surface area contributed by atoms with Crippen LogP contribution < -0.4 is 11.3 Å². The number of carbonyl (C=O) groups is 1. The molecular weight excluding hydrogens is 396 g/mol. The molecule has 4 aromatic rings. The Bertz CT molecular complexity index is 1340. The number of hydrogen-bond acceptors (Lipinski definition) is 7. The van der Waals surface area contributed by atoms with Gasteiger partial charge in [0.05, 0.1) is 17.4 Å². The number of H-pyrrole nitrogens is 1. The first-order chi connectivity index (χ1) is 14.9. The average Bonchev–Trinajstić information content (AvgIpc) is 3.12. The molecule has 3 heterocycles. The maximum absolute atomic E-state index is 12.9. The second-order valence-electron chi connectivity index (χ2n) is 7.38. The zero-order valence-corrected chi connectivity index (χ0v) is 17.7. The Hall–Kier alpha value is -3.82. The van der Waals surface area contributed by atoms with E-state index in [1.54, 1.807) is 27.6 Å². The molecule has 0 radical (unpaired) electrons. The van der Waals surface area contributed by atoms with Gasteiger partial charge in [-0.2, -0.15) is 9.50 Å². The number of carbonyl (C=O) groups excluding carboxylic acids is 1. The van der Waals surface area contributed by atoms with Crippen molar-refractivity contribution in [2.24, 2.45) is 0 Å². The van der Waals surface area contributed by atoms with E-state index in [-0.39, 0.29) is 24.0 Å². The molecule has 1 amide bonds. The molecule has 10 heteroatoms. The fraction of sp³-hybridized carbons (Fsp3) is 0.333. The third kappa shape index (κ3) is 3.96. The van der Waals surface area contributed by atoms with Gasteiger partial charge in [0.1, 0.15) is 5.82 Å². The summed E-state index contributed by atoms with van der Waals surface area (Å²) in [6.07, 6.45) is 0.808. The van der Waals surface area contributed by atoms with Crippen molar-refractivity contribution in [1.82, 2.24) is 34.4 Å². The van der Waals surface area contributed by atoms with Crippen molar-refractivity contribution in [2.75, 3.05) is 12.3 Å². The average molecular weight is 420 g/mol. The summed E-state index contributed by atoms with van der Waals surface area (Å²) in [6.45, 7) is 6.45. The van der Waals surface area contributed by atoms with Gasteiger partial charge in [-0.25, -0.2) is 9.97 Å². The van der Waals surface area contributed by atoms with Crippen molar-refractivity contribution < 1.29 is 4.79 Å². The number of hydrogen-bond donors (Lipinski definition) is 2. The molecule has 0 spiro atoms. The minimum absolute atomic E-state index is 0.0321. The predicted molar refractivity (Wildman–Crippen MR) is 116 cm³/mol. The number of benzene rings is 1. The van der Waals surface area contributed by atoms with E-state index in [0.717, 1.165) is 17.0 Å². The number of amides is 1. The summed E-state index contributed by atoms with van der Waals surface area (Å²) in [6, 6.07) is 7.15. The summed E-state index contributed by atoms with van der Waals surface area (Å²) in [5, 5.41) is 4.70. The topological polar surface area (TPSA) is 135 Å². The molecule has 1 aromatic carbocycles. The number of aryl methyl sites for hydroxylation is 2. The molecule has 0 atom stereocenters. The molecule has 0 unspecified atom stereocenters. The third-order valence-corrected chi connectivity index (χ3v) is 5.39. The summed E-state index contributed by atoms with van der Waals surface area (Å²) in [4.78, 5) is 42.7. The number of anilines is 1. The molecule has 0 aliphatic carbocycles. The smallest absolute Gasteiger partial charge is 0.258 e. The Labute approximate surface area is 178 Å². The molecule has 3 N–H and O–H groups in total. The van der Waals surface area contributed by atoms with Crippen LogP contribution in [-0.4, -0.2) is 46.9 Å². The molecule has 0 saturated carbocycles. The van der Waals surface area contributed by atoms with Gasteiger partial charge >= 0.3 is 0 Å². The van der Waals surface area contributed by atoms with Crippen molar-refractivity contribution >= 4 is 28.5 Å². The summed E-state index contributed by atoms with van der Waals surface area (Å²) < 4.78 is 1.60. The first-order valence-electron chi connectivity index (χ1n) is 10.1. The SMILES string of the molecule is CCN(Cc1nc2ccccc2c(=O)[nH]1)C(=O)CCc1c(C)nc2nc(N)nn2c1C. The van der Waals surface area contributed by atoms with Gasteiger partial charge in [-0.1, -0.05) is 12.1 Å². The zero-order valence-electron chi connectivity index (χ0n) is 17.7. The zero-order chi connectivity index (χ0) is 22.1. The highest BCUT2D eigenvalue weighted by atomic mass is 16.2. The highest BCUT2D eigenvalue weighted by molar-refractivity contribution is 5.78. The molecule has 0 bridgehead atoms. The fourth-order valence-electron chi connectivity index (χ4n) is 3.74. The number of para-hydroxylation sites is 1. The normalized spacial score (nSPS) is 11.3. The van der Waals surface area contributed by atoms with E-state index in [0.29, 0.717) is 41.9 Å². The number of nitrogens with two attached hydrogens (primary N) is 1. The Morgan fingerprint density at radius 1 is 1.19 bits per heavy atom. The van der Waals surface area contributed by atoms with Crippen molar-refractivity contribution in [2.45, 2.75) is 40.2 Å². The Kier molecular flexibility index (Phi) is 5.37. The van der Waals surface area contributed by atoms with Gasteiger partial charge in [-0.3, -0.25) is 9.59 Å². The maximum Gasteiger partial charge on any atom is 0.258 e. The fourth-order valence-corrected chi connectivity index (χ4v) is 3.74. The van der Waals surface area contributed by atoms with E-state index in [4.69, 9.17) is 5.73 Å². The molecule has 10 nitrogen and oxygen atoms in total. The lowest BCUT2D eigenvalue weighted by Crippen LogP contribution is -2.32. The van der Waals surface area contributed by atoms with Gasteiger partial charge in [0, 0.05) is 24.4 Å². The minimum atomic E-state index is -0.207. The van der Waals surface area contributed by atoms with E-state index in [9.17, 15) is 9.59 Å². The van der Waals surface area contributed by atoms with E-state index < -0.39 is 0 Å². The molecule has 160 valence electrons. The quantitative estimate of drug-likeness (QED) is 0.483. The lowest BCUT2D eigenvalue weighted by molar-refractivity contribution is -0.131. The first-order valence-corrected chi connectivity index (χ1v) is 10.1. The van der Waals surface area contributed by atoms with Gasteiger partial charge in [0.15, 0.2) is 0 Å². The van der Waals surface area contributed by atoms with Gasteiger partial charge in [-0.05, 0) is 44.9 Å². The number of nitrogens with zero attached hydrogens (tertiary/aromatic N) is 6. The van der Waals surface area contributed by atoms with Crippen molar-refractivity contribution in [3.8, 4) is 0 Å². The van der Waals surface area contributed by atoms with Crippen LogP contribution in [0, 0.1) is 13.8 Å². The van der Waals surface area contributed by atoms with Crippen LogP contribution in [0.1, 0.15) is 36.1 Å². The van der Waals surface area contributed by atoms with Crippen LogP contribution in [0.15, 0.2) is 29.1 Å². The van der Waals surface area contributed by atoms with Crippen LogP contribution in [0.2, 0.25) is 0 Å². The number of fused-ring (bicyclic) bond motifs is 2. The number of rotatable bonds is 6. The molecule has 31 heavy (non-hydrogen) atoms. The maximum atomic E-state index is 12.9. The first kappa shape index (κ1) is 20.5. The number of aromatic amines is 1. The third-order valence-electron chi connectivity index (χ3n) is 5.39. The number of aromatic nitrogens is 6. The monoisotopic (exact) mass is 420 g/mol. The van der Waals surface area contributed by atoms with Gasteiger partial charge < -0.3 is 15.6 Å². The largest absolute Gasteiger partial charge is 0.366 e. The van der Waals surface area contributed by atoms with E-state index in [2.05, 4.69) is 25.0 Å². The molecule has 4 rings (SSSR count).